The van der Waals surface area contributed by atoms with E-state index in [2.05, 4.69) is 4.98 Å². The molecule has 1 saturated heterocycles. The average molecular weight is 246 g/mol. The number of aliphatic hydroxyl groups is 1. The van der Waals surface area contributed by atoms with Gasteiger partial charge in [0.1, 0.15) is 18.5 Å². The molecule has 1 fully saturated rings. The topological polar surface area (TPSA) is 67.2 Å². The molecule has 0 saturated carbocycles. The smallest absolute Gasteiger partial charge is 0.251 e. The Morgan fingerprint density at radius 2 is 2.50 bits per heavy atom. The zero-order valence-electron chi connectivity index (χ0n) is 8.30. The van der Waals surface area contributed by atoms with Crippen LogP contribution in [0.4, 0.5) is 4.39 Å². The molecular formula is C9H11FN2O3S. The first-order valence-corrected chi connectivity index (χ1v) is 5.24. The lowest BCUT2D eigenvalue weighted by atomic mass is 10.2. The van der Waals surface area contributed by atoms with Gasteiger partial charge in [-0.25, -0.2) is 4.39 Å². The Morgan fingerprint density at radius 1 is 1.75 bits per heavy atom. The van der Waals surface area contributed by atoms with Crippen molar-refractivity contribution < 1.29 is 14.2 Å². The maximum absolute atomic E-state index is 13.3. The van der Waals surface area contributed by atoms with Gasteiger partial charge in [0.05, 0.1) is 6.61 Å². The summed E-state index contributed by atoms with van der Waals surface area (Å²) in [6, 6.07) is 1.29. The number of nitrogens with one attached hydrogen (secondary N) is 1. The Kier molecular flexibility index (Phi) is 3.17. The van der Waals surface area contributed by atoms with E-state index >= 15 is 0 Å². The van der Waals surface area contributed by atoms with Crippen LogP contribution in [0.25, 0.3) is 0 Å². The Labute approximate surface area is 95.5 Å². The predicted molar refractivity (Wildman–Crippen MR) is 56.4 cm³/mol. The maximum atomic E-state index is 13.3. The second-order valence-corrected chi connectivity index (χ2v) is 3.97. The normalized spacial score (nSPS) is 29.5. The Bertz CT molecular complexity index is 486. The number of rotatable bonds is 2. The SMILES string of the molecule is O=c1ccn([C@H]2C[C@H](F)[C@@H](CO)O2)c(=S)[nH]1. The first-order chi connectivity index (χ1) is 7.61. The van der Waals surface area contributed by atoms with E-state index in [1.54, 1.807) is 0 Å². The molecular weight excluding hydrogens is 235 g/mol. The van der Waals surface area contributed by atoms with Gasteiger partial charge in [0, 0.05) is 18.7 Å². The van der Waals surface area contributed by atoms with Crippen molar-refractivity contribution in [2.45, 2.75) is 24.9 Å². The van der Waals surface area contributed by atoms with Gasteiger partial charge >= 0.3 is 0 Å². The van der Waals surface area contributed by atoms with Crippen LogP contribution in [0.2, 0.25) is 0 Å². The molecule has 0 unspecified atom stereocenters. The minimum absolute atomic E-state index is 0.117. The van der Waals surface area contributed by atoms with Crippen molar-refractivity contribution >= 4 is 12.2 Å². The fourth-order valence-corrected chi connectivity index (χ4v) is 1.96. The van der Waals surface area contributed by atoms with Crippen LogP contribution >= 0.6 is 12.2 Å². The summed E-state index contributed by atoms with van der Waals surface area (Å²) >= 11 is 4.93. The molecule has 0 amide bonds. The van der Waals surface area contributed by atoms with Crippen molar-refractivity contribution in [1.29, 1.82) is 0 Å². The molecule has 3 atom stereocenters. The van der Waals surface area contributed by atoms with Gasteiger partial charge in [0.15, 0.2) is 4.77 Å². The van der Waals surface area contributed by atoms with Crippen LogP contribution in [0.15, 0.2) is 17.1 Å². The standard InChI is InChI=1S/C9H11FN2O3S/c10-5-3-8(15-6(5)4-13)12-2-1-7(14)11-9(12)16/h1-2,5-6,8,13H,3-4H2,(H,11,14,16)/t5-,6+,8+/m0/s1. The summed E-state index contributed by atoms with van der Waals surface area (Å²) in [7, 11) is 0. The molecule has 0 spiro atoms. The Balaban J connectivity index is 2.27. The van der Waals surface area contributed by atoms with Crippen LogP contribution in [-0.4, -0.2) is 33.5 Å². The van der Waals surface area contributed by atoms with Gasteiger partial charge < -0.3 is 9.84 Å². The minimum atomic E-state index is -1.22. The van der Waals surface area contributed by atoms with E-state index in [0.29, 0.717) is 0 Å². The highest BCUT2D eigenvalue weighted by atomic mass is 32.1. The second kappa shape index (κ2) is 4.44. The van der Waals surface area contributed by atoms with Crippen molar-refractivity contribution in [3.63, 3.8) is 0 Å². The maximum Gasteiger partial charge on any atom is 0.251 e. The lowest BCUT2D eigenvalue weighted by Crippen LogP contribution is -2.21. The van der Waals surface area contributed by atoms with Crippen LogP contribution < -0.4 is 5.56 Å². The predicted octanol–water partition coefficient (Wildman–Crippen LogP) is 0.524. The van der Waals surface area contributed by atoms with Crippen molar-refractivity contribution in [3.8, 4) is 0 Å². The number of hydrogen-bond donors (Lipinski definition) is 2. The zero-order valence-corrected chi connectivity index (χ0v) is 9.11. The molecule has 1 aromatic rings. The number of halogens is 1. The minimum Gasteiger partial charge on any atom is -0.394 e. The third kappa shape index (κ3) is 2.06. The Hall–Kier alpha value is -1.05. The van der Waals surface area contributed by atoms with E-state index in [0.717, 1.165) is 0 Å². The first kappa shape index (κ1) is 11.4. The molecule has 16 heavy (non-hydrogen) atoms. The number of nitrogens with zero attached hydrogens (tertiary/aromatic N) is 1. The highest BCUT2D eigenvalue weighted by Crippen LogP contribution is 2.30. The average Bonchev–Trinajstić information content (AvgIpc) is 2.59. The highest BCUT2D eigenvalue weighted by molar-refractivity contribution is 7.71. The summed E-state index contributed by atoms with van der Waals surface area (Å²) in [6.45, 7) is -0.367. The fourth-order valence-electron chi connectivity index (χ4n) is 1.68. The van der Waals surface area contributed by atoms with Crippen LogP contribution in [-0.2, 0) is 4.74 Å². The number of H-pyrrole nitrogens is 1. The molecule has 0 aliphatic carbocycles. The summed E-state index contributed by atoms with van der Waals surface area (Å²) in [5.41, 5.74) is -0.310. The summed E-state index contributed by atoms with van der Waals surface area (Å²) in [5.74, 6) is 0. The molecule has 1 aliphatic rings. The fraction of sp³-hybridized carbons (Fsp3) is 0.556. The van der Waals surface area contributed by atoms with Gasteiger partial charge in [0.2, 0.25) is 0 Å². The molecule has 2 rings (SSSR count). The summed E-state index contributed by atoms with van der Waals surface area (Å²) in [4.78, 5) is 13.4. The quantitative estimate of drug-likeness (QED) is 0.747. The summed E-state index contributed by atoms with van der Waals surface area (Å²) in [5, 5.41) is 8.86. The molecule has 2 N–H and O–H groups in total. The van der Waals surface area contributed by atoms with Crippen LogP contribution in [0.1, 0.15) is 12.6 Å². The Morgan fingerprint density at radius 3 is 3.06 bits per heavy atom. The number of aromatic amines is 1. The lowest BCUT2D eigenvalue weighted by molar-refractivity contribution is -0.0348. The van der Waals surface area contributed by atoms with Gasteiger partial charge in [-0.2, -0.15) is 0 Å². The molecule has 0 bridgehead atoms. The van der Waals surface area contributed by atoms with Crippen LogP contribution in [0.3, 0.4) is 0 Å². The van der Waals surface area contributed by atoms with E-state index in [-0.39, 0.29) is 23.4 Å². The van der Waals surface area contributed by atoms with E-state index in [4.69, 9.17) is 22.1 Å². The highest BCUT2D eigenvalue weighted by Gasteiger charge is 2.35. The summed E-state index contributed by atoms with van der Waals surface area (Å²) < 4.78 is 20.3. The molecule has 1 aromatic heterocycles. The third-order valence-electron chi connectivity index (χ3n) is 2.50. The van der Waals surface area contributed by atoms with Gasteiger partial charge in [-0.1, -0.05) is 0 Å². The molecule has 0 aromatic carbocycles. The van der Waals surface area contributed by atoms with Gasteiger partial charge in [-0.3, -0.25) is 14.3 Å². The third-order valence-corrected chi connectivity index (χ3v) is 2.82. The molecule has 2 heterocycles. The second-order valence-electron chi connectivity index (χ2n) is 3.58. The van der Waals surface area contributed by atoms with Gasteiger partial charge in [0.25, 0.3) is 5.56 Å². The van der Waals surface area contributed by atoms with Crippen molar-refractivity contribution in [2.24, 2.45) is 0 Å². The summed E-state index contributed by atoms with van der Waals surface area (Å²) in [6.07, 6.45) is -1.04. The van der Waals surface area contributed by atoms with Crippen LogP contribution in [0, 0.1) is 4.77 Å². The van der Waals surface area contributed by atoms with Gasteiger partial charge in [-0.05, 0) is 12.2 Å². The van der Waals surface area contributed by atoms with E-state index < -0.39 is 18.5 Å². The monoisotopic (exact) mass is 246 g/mol. The van der Waals surface area contributed by atoms with E-state index in [1.807, 2.05) is 0 Å². The first-order valence-electron chi connectivity index (χ1n) is 4.83. The zero-order chi connectivity index (χ0) is 11.7. The van der Waals surface area contributed by atoms with E-state index in [9.17, 15) is 9.18 Å². The molecule has 0 radical (unpaired) electrons. The van der Waals surface area contributed by atoms with Crippen LogP contribution in [0.5, 0.6) is 0 Å². The largest absolute Gasteiger partial charge is 0.394 e. The van der Waals surface area contributed by atoms with Gasteiger partial charge in [-0.15, -0.1) is 0 Å². The molecule has 5 nitrogen and oxygen atoms in total. The number of hydrogen-bond acceptors (Lipinski definition) is 4. The van der Waals surface area contributed by atoms with Crippen molar-refractivity contribution in [2.75, 3.05) is 6.61 Å². The van der Waals surface area contributed by atoms with Crippen molar-refractivity contribution in [3.05, 3.63) is 27.4 Å². The number of alkyl halides is 1. The number of ether oxygens (including phenoxy) is 1. The number of aromatic nitrogens is 2. The molecule has 88 valence electrons. The van der Waals surface area contributed by atoms with E-state index in [1.165, 1.54) is 16.8 Å². The molecule has 7 heteroatoms. The van der Waals surface area contributed by atoms with Crippen molar-refractivity contribution in [1.82, 2.24) is 9.55 Å². The number of aliphatic hydroxyl groups excluding tert-OH is 1. The molecule has 1 aliphatic heterocycles. The lowest BCUT2D eigenvalue weighted by Gasteiger charge is -2.14.